The van der Waals surface area contributed by atoms with E-state index in [9.17, 15) is 4.79 Å². The number of nitrogens with zero attached hydrogens (tertiary/aromatic N) is 6. The van der Waals surface area contributed by atoms with Gasteiger partial charge in [-0.3, -0.25) is 9.78 Å². The first-order valence-electron chi connectivity index (χ1n) is 11.4. The lowest BCUT2D eigenvalue weighted by molar-refractivity contribution is 0.340. The van der Waals surface area contributed by atoms with Gasteiger partial charge in [0.2, 0.25) is 4.96 Å². The van der Waals surface area contributed by atoms with Gasteiger partial charge in [-0.25, -0.2) is 4.68 Å². The molecule has 8 nitrogen and oxygen atoms in total. The van der Waals surface area contributed by atoms with E-state index in [0.29, 0.717) is 21.9 Å². The second kappa shape index (κ2) is 9.20. The third kappa shape index (κ3) is 4.05. The van der Waals surface area contributed by atoms with Gasteiger partial charge >= 0.3 is 0 Å². The molecule has 0 atom stereocenters. The molecule has 6 rings (SSSR count). The van der Waals surface area contributed by atoms with Crippen molar-refractivity contribution in [3.8, 4) is 34.1 Å². The summed E-state index contributed by atoms with van der Waals surface area (Å²) in [6.45, 7) is 2.56. The van der Waals surface area contributed by atoms with Crippen molar-refractivity contribution in [2.75, 3.05) is 6.61 Å². The number of aromatic nitrogens is 6. The second-order valence-corrected chi connectivity index (χ2v) is 8.96. The first kappa shape index (κ1) is 21.9. The fraction of sp³-hybridized carbons (Fsp3) is 0.0741. The zero-order valence-corrected chi connectivity index (χ0v) is 20.1. The van der Waals surface area contributed by atoms with Crippen LogP contribution in [0.1, 0.15) is 12.5 Å². The molecular formula is C27H20N6O2S. The maximum atomic E-state index is 13.2. The molecule has 0 spiro atoms. The number of hydrogen-bond acceptors (Lipinski definition) is 7. The van der Waals surface area contributed by atoms with Gasteiger partial charge in [0.25, 0.3) is 5.56 Å². The number of hydrogen-bond donors (Lipinski definition) is 0. The highest BCUT2D eigenvalue weighted by Gasteiger charge is 2.15. The molecule has 0 saturated heterocycles. The molecule has 176 valence electrons. The predicted molar refractivity (Wildman–Crippen MR) is 139 cm³/mol. The Balaban J connectivity index is 1.47. The third-order valence-electron chi connectivity index (χ3n) is 5.61. The molecule has 9 heteroatoms. The summed E-state index contributed by atoms with van der Waals surface area (Å²) in [4.78, 5) is 22.3. The maximum Gasteiger partial charge on any atom is 0.291 e. The van der Waals surface area contributed by atoms with Crippen LogP contribution >= 0.6 is 11.3 Å². The number of rotatable bonds is 6. The van der Waals surface area contributed by atoms with E-state index < -0.39 is 0 Å². The van der Waals surface area contributed by atoms with Crippen LogP contribution in [0.5, 0.6) is 5.75 Å². The Bertz CT molecular complexity index is 1760. The monoisotopic (exact) mass is 492 g/mol. The molecule has 4 heterocycles. The lowest BCUT2D eigenvalue weighted by Crippen LogP contribution is -2.23. The van der Waals surface area contributed by atoms with Gasteiger partial charge in [0.05, 0.1) is 16.8 Å². The van der Waals surface area contributed by atoms with E-state index in [1.54, 1.807) is 12.4 Å². The van der Waals surface area contributed by atoms with Crippen molar-refractivity contribution in [2.24, 2.45) is 0 Å². The predicted octanol–water partition coefficient (Wildman–Crippen LogP) is 4.01. The Kier molecular flexibility index (Phi) is 5.59. The van der Waals surface area contributed by atoms with Crippen molar-refractivity contribution >= 4 is 22.4 Å². The first-order chi connectivity index (χ1) is 17.7. The van der Waals surface area contributed by atoms with E-state index in [0.717, 1.165) is 33.8 Å². The van der Waals surface area contributed by atoms with Crippen LogP contribution in [0.25, 0.3) is 39.4 Å². The van der Waals surface area contributed by atoms with Gasteiger partial charge in [-0.15, -0.1) is 5.10 Å². The molecule has 0 saturated carbocycles. The molecule has 0 unspecified atom stereocenters. The molecule has 4 aromatic heterocycles. The summed E-state index contributed by atoms with van der Waals surface area (Å²) in [5.74, 6) is 1.30. The number of para-hydroxylation sites is 1. The molecule has 0 aliphatic rings. The summed E-state index contributed by atoms with van der Waals surface area (Å²) in [5, 5.41) is 9.28. The molecule has 0 N–H and O–H groups in total. The number of pyridine rings is 1. The van der Waals surface area contributed by atoms with Crippen LogP contribution in [-0.4, -0.2) is 36.0 Å². The van der Waals surface area contributed by atoms with Crippen molar-refractivity contribution in [1.82, 2.24) is 29.4 Å². The Morgan fingerprint density at radius 1 is 0.944 bits per heavy atom. The van der Waals surface area contributed by atoms with Gasteiger partial charge in [-0.05, 0) is 61.5 Å². The summed E-state index contributed by atoms with van der Waals surface area (Å²) in [5.41, 5.74) is 4.03. The summed E-state index contributed by atoms with van der Waals surface area (Å²) < 4.78 is 9.29. The Morgan fingerprint density at radius 2 is 1.72 bits per heavy atom. The van der Waals surface area contributed by atoms with Crippen LogP contribution in [0, 0.1) is 0 Å². The van der Waals surface area contributed by atoms with Crippen LogP contribution in [0.2, 0.25) is 0 Å². The number of benzene rings is 2. The molecule has 6 aromatic rings. The van der Waals surface area contributed by atoms with Crippen molar-refractivity contribution in [3.05, 3.63) is 106 Å². The lowest BCUT2D eigenvalue weighted by atomic mass is 10.1. The highest BCUT2D eigenvalue weighted by atomic mass is 32.1. The molecular weight excluding hydrogens is 472 g/mol. The highest BCUT2D eigenvalue weighted by molar-refractivity contribution is 7.15. The standard InChI is InChI=1S/C27H20N6O2S/c1-2-35-22-10-8-18(9-11-22)24-20(17-32(30-24)21-6-4-3-5-7-21)16-23-26(34)33-27(36-23)29-25(31-33)19-12-14-28-15-13-19/h3-17H,2H2,1H3. The zero-order valence-electron chi connectivity index (χ0n) is 19.3. The Labute approximate surface area is 209 Å². The minimum atomic E-state index is -0.215. The Hall–Kier alpha value is -4.63. The number of fused-ring (bicyclic) bond motifs is 1. The van der Waals surface area contributed by atoms with Crippen LogP contribution < -0.4 is 14.8 Å². The van der Waals surface area contributed by atoms with Crippen molar-refractivity contribution < 1.29 is 4.74 Å². The fourth-order valence-electron chi connectivity index (χ4n) is 3.90. The maximum absolute atomic E-state index is 13.2. The fourth-order valence-corrected chi connectivity index (χ4v) is 4.80. The largest absolute Gasteiger partial charge is 0.494 e. The summed E-state index contributed by atoms with van der Waals surface area (Å²) >= 11 is 1.30. The smallest absolute Gasteiger partial charge is 0.291 e. The molecule has 36 heavy (non-hydrogen) atoms. The number of thiazole rings is 1. The van der Waals surface area contributed by atoms with Crippen LogP contribution in [0.15, 0.2) is 90.1 Å². The van der Waals surface area contributed by atoms with Crippen LogP contribution in [-0.2, 0) is 0 Å². The van der Waals surface area contributed by atoms with E-state index in [1.807, 2.05) is 90.6 Å². The van der Waals surface area contributed by atoms with Crippen molar-refractivity contribution in [3.63, 3.8) is 0 Å². The minimum Gasteiger partial charge on any atom is -0.494 e. The normalized spacial score (nSPS) is 11.9. The van der Waals surface area contributed by atoms with E-state index in [4.69, 9.17) is 9.84 Å². The van der Waals surface area contributed by atoms with Gasteiger partial charge in [-0.1, -0.05) is 29.5 Å². The second-order valence-electron chi connectivity index (χ2n) is 7.95. The average molecular weight is 493 g/mol. The molecule has 0 amide bonds. The summed E-state index contributed by atoms with van der Waals surface area (Å²) in [7, 11) is 0. The average Bonchev–Trinajstić information content (AvgIpc) is 3.61. The molecule has 0 radical (unpaired) electrons. The van der Waals surface area contributed by atoms with E-state index in [-0.39, 0.29) is 5.56 Å². The van der Waals surface area contributed by atoms with Crippen LogP contribution in [0.3, 0.4) is 0 Å². The third-order valence-corrected chi connectivity index (χ3v) is 6.57. The minimum absolute atomic E-state index is 0.215. The lowest BCUT2D eigenvalue weighted by Gasteiger charge is -2.04. The van der Waals surface area contributed by atoms with E-state index in [2.05, 4.69) is 15.1 Å². The van der Waals surface area contributed by atoms with Gasteiger partial charge in [0.1, 0.15) is 11.4 Å². The topological polar surface area (TPSA) is 87.2 Å². The van der Waals surface area contributed by atoms with E-state index in [1.165, 1.54) is 15.9 Å². The highest BCUT2D eigenvalue weighted by Crippen LogP contribution is 2.26. The summed E-state index contributed by atoms with van der Waals surface area (Å²) in [6.07, 6.45) is 7.13. The molecule has 0 fully saturated rings. The molecule has 0 aliphatic heterocycles. The van der Waals surface area contributed by atoms with Gasteiger partial charge in [0, 0.05) is 35.3 Å². The van der Waals surface area contributed by atoms with E-state index >= 15 is 0 Å². The molecule has 2 aromatic carbocycles. The molecule has 0 aliphatic carbocycles. The van der Waals surface area contributed by atoms with Crippen molar-refractivity contribution in [1.29, 1.82) is 0 Å². The van der Waals surface area contributed by atoms with Crippen molar-refractivity contribution in [2.45, 2.75) is 6.92 Å². The Morgan fingerprint density at radius 3 is 2.44 bits per heavy atom. The van der Waals surface area contributed by atoms with Gasteiger partial charge in [0.15, 0.2) is 5.82 Å². The van der Waals surface area contributed by atoms with Gasteiger partial charge in [-0.2, -0.15) is 14.6 Å². The zero-order chi connectivity index (χ0) is 24.5. The quantitative estimate of drug-likeness (QED) is 0.349. The SMILES string of the molecule is CCOc1ccc(-c2nn(-c3ccccc3)cc2C=c2sc3nc(-c4ccncc4)nn3c2=O)cc1. The number of ether oxygens (including phenoxy) is 1. The first-order valence-corrected chi connectivity index (χ1v) is 12.2. The molecule has 0 bridgehead atoms. The van der Waals surface area contributed by atoms with Crippen LogP contribution in [0.4, 0.5) is 0 Å². The van der Waals surface area contributed by atoms with Gasteiger partial charge < -0.3 is 4.74 Å². The summed E-state index contributed by atoms with van der Waals surface area (Å²) in [6, 6.07) is 21.3.